The van der Waals surface area contributed by atoms with Gasteiger partial charge in [0.1, 0.15) is 0 Å². The summed E-state index contributed by atoms with van der Waals surface area (Å²) in [6, 6.07) is 0.944. The molecule has 0 spiro atoms. The van der Waals surface area contributed by atoms with E-state index in [4.69, 9.17) is 15.2 Å². The number of nitriles is 1. The first-order valence-electron chi connectivity index (χ1n) is 0.901. The maximum Gasteiger partial charge on any atom is 2.00 e. The minimum absolute atomic E-state index is 0. The molecule has 0 radical (unpaired) electrons. The molecular formula is C2H3CaNO2. The van der Waals surface area contributed by atoms with Gasteiger partial charge in [-0.25, -0.2) is 4.79 Å². The van der Waals surface area contributed by atoms with Gasteiger partial charge < -0.3 is 7.96 Å². The predicted octanol–water partition coefficient (Wildman–Crippen LogP) is -0.561. The van der Waals surface area contributed by atoms with E-state index in [-0.39, 0.29) is 40.6 Å². The van der Waals surface area contributed by atoms with Crippen LogP contribution in [0.4, 0.5) is 0 Å². The summed E-state index contributed by atoms with van der Waals surface area (Å²) in [5.74, 6) is -1.44. The summed E-state index contributed by atoms with van der Waals surface area (Å²) in [6.45, 7) is 0. The van der Waals surface area contributed by atoms with Gasteiger partial charge >= 0.3 is 43.7 Å². The molecule has 3 nitrogen and oxygen atoms in total. The summed E-state index contributed by atoms with van der Waals surface area (Å²) in [5, 5.41) is 14.7. The Kier molecular flexibility index (Phi) is 8.28. The SMILES string of the molecule is N#CC(=O)O.[Ca+2].[H-].[H-]. The van der Waals surface area contributed by atoms with Crippen LogP contribution in [-0.2, 0) is 4.79 Å². The molecule has 0 aromatic heterocycles. The second kappa shape index (κ2) is 5.22. The van der Waals surface area contributed by atoms with Gasteiger partial charge in [-0.15, -0.1) is 0 Å². The number of carboxylic acid groups (broad SMARTS) is 1. The van der Waals surface area contributed by atoms with Crippen molar-refractivity contribution >= 4 is 43.7 Å². The largest absolute Gasteiger partial charge is 2.00 e. The topological polar surface area (TPSA) is 61.1 Å². The van der Waals surface area contributed by atoms with Gasteiger partial charge in [-0.2, -0.15) is 5.26 Å². The Labute approximate surface area is 67.5 Å². The zero-order chi connectivity index (χ0) is 4.28. The summed E-state index contributed by atoms with van der Waals surface area (Å²) < 4.78 is 0. The number of hydrogen-bond acceptors (Lipinski definition) is 2. The number of carboxylic acids is 1. The van der Waals surface area contributed by atoms with Gasteiger partial charge in [0.2, 0.25) is 0 Å². The molecule has 0 aliphatic heterocycles. The molecule has 6 heavy (non-hydrogen) atoms. The van der Waals surface area contributed by atoms with Gasteiger partial charge in [-0.1, -0.05) is 0 Å². The Morgan fingerprint density at radius 2 is 2.17 bits per heavy atom. The van der Waals surface area contributed by atoms with Gasteiger partial charge in [-0.05, 0) is 0 Å². The first kappa shape index (κ1) is 9.52. The Bertz CT molecular complexity index is 90.5. The molecule has 0 unspecified atom stereocenters. The molecule has 0 fully saturated rings. The minimum Gasteiger partial charge on any atom is -1.00 e. The third kappa shape index (κ3) is 8.88. The first-order valence-corrected chi connectivity index (χ1v) is 0.901. The zero-order valence-corrected chi connectivity index (χ0v) is 5.22. The number of aliphatic carboxylic acids is 1. The van der Waals surface area contributed by atoms with Crippen molar-refractivity contribution < 1.29 is 12.8 Å². The fourth-order valence-corrected chi connectivity index (χ4v) is 0. The molecule has 0 aliphatic carbocycles. The molecule has 0 aliphatic rings. The fraction of sp³-hybridized carbons (Fsp3) is 0. The molecule has 0 saturated carbocycles. The van der Waals surface area contributed by atoms with Crippen molar-refractivity contribution in [2.75, 3.05) is 0 Å². The van der Waals surface area contributed by atoms with Gasteiger partial charge in [-0.3, -0.25) is 0 Å². The molecule has 30 valence electrons. The molecule has 0 aromatic carbocycles. The van der Waals surface area contributed by atoms with E-state index in [0.717, 1.165) is 6.07 Å². The quantitative estimate of drug-likeness (QED) is 0.260. The monoisotopic (exact) mass is 113 g/mol. The first-order chi connectivity index (χ1) is 2.27. The molecular weight excluding hydrogens is 110 g/mol. The van der Waals surface area contributed by atoms with Gasteiger partial charge in [0, 0.05) is 0 Å². The average molecular weight is 113 g/mol. The van der Waals surface area contributed by atoms with Gasteiger partial charge in [0.15, 0.2) is 6.07 Å². The third-order valence-electron chi connectivity index (χ3n) is 0.0956. The van der Waals surface area contributed by atoms with Crippen LogP contribution in [-0.4, -0.2) is 48.8 Å². The fourth-order valence-electron chi connectivity index (χ4n) is 0. The van der Waals surface area contributed by atoms with E-state index in [9.17, 15) is 0 Å². The second-order valence-corrected chi connectivity index (χ2v) is 0.417. The van der Waals surface area contributed by atoms with E-state index in [1.807, 2.05) is 0 Å². The van der Waals surface area contributed by atoms with E-state index in [1.165, 1.54) is 0 Å². The molecule has 1 N–H and O–H groups in total. The number of rotatable bonds is 0. The van der Waals surface area contributed by atoms with Crippen LogP contribution in [0.25, 0.3) is 0 Å². The molecule has 0 atom stereocenters. The summed E-state index contributed by atoms with van der Waals surface area (Å²) in [5.41, 5.74) is 0. The van der Waals surface area contributed by atoms with Crippen molar-refractivity contribution in [1.82, 2.24) is 0 Å². The summed E-state index contributed by atoms with van der Waals surface area (Å²) in [4.78, 5) is 9.01. The summed E-state index contributed by atoms with van der Waals surface area (Å²) in [6.07, 6.45) is 0. The Morgan fingerprint density at radius 1 is 2.00 bits per heavy atom. The predicted molar refractivity (Wildman–Crippen MR) is 21.2 cm³/mol. The molecule has 0 aromatic rings. The number of nitrogens with zero attached hydrogens (tertiary/aromatic N) is 1. The van der Waals surface area contributed by atoms with Crippen molar-refractivity contribution in [2.45, 2.75) is 0 Å². The number of carbonyl (C=O) groups is 1. The number of hydrogen-bond donors (Lipinski definition) is 1. The summed E-state index contributed by atoms with van der Waals surface area (Å²) in [7, 11) is 0. The maximum absolute atomic E-state index is 9.01. The maximum atomic E-state index is 9.01. The van der Waals surface area contributed by atoms with Crippen LogP contribution in [0.1, 0.15) is 2.85 Å². The Balaban J connectivity index is -0.0000000267. The Morgan fingerprint density at radius 3 is 2.17 bits per heavy atom. The van der Waals surface area contributed by atoms with Crippen molar-refractivity contribution in [2.24, 2.45) is 0 Å². The van der Waals surface area contributed by atoms with Crippen LogP contribution in [0.3, 0.4) is 0 Å². The molecule has 0 saturated heterocycles. The van der Waals surface area contributed by atoms with Crippen LogP contribution in [0.2, 0.25) is 0 Å². The second-order valence-electron chi connectivity index (χ2n) is 0.417. The zero-order valence-electron chi connectivity index (χ0n) is 5.01. The molecule has 0 bridgehead atoms. The van der Waals surface area contributed by atoms with Crippen LogP contribution in [0.5, 0.6) is 0 Å². The van der Waals surface area contributed by atoms with E-state index < -0.39 is 5.97 Å². The normalized spacial score (nSPS) is 4.50. The third-order valence-corrected chi connectivity index (χ3v) is 0.0956. The molecule has 0 rings (SSSR count). The van der Waals surface area contributed by atoms with Crippen LogP contribution >= 0.6 is 0 Å². The Hall–Kier alpha value is 0.220. The summed E-state index contributed by atoms with van der Waals surface area (Å²) >= 11 is 0. The van der Waals surface area contributed by atoms with Crippen LogP contribution in [0.15, 0.2) is 0 Å². The van der Waals surface area contributed by atoms with Crippen molar-refractivity contribution in [3.8, 4) is 6.07 Å². The van der Waals surface area contributed by atoms with Crippen molar-refractivity contribution in [1.29, 1.82) is 5.26 Å². The van der Waals surface area contributed by atoms with Crippen molar-refractivity contribution in [3.05, 3.63) is 0 Å². The van der Waals surface area contributed by atoms with E-state index in [0.29, 0.717) is 0 Å². The van der Waals surface area contributed by atoms with Crippen LogP contribution < -0.4 is 0 Å². The van der Waals surface area contributed by atoms with Gasteiger partial charge in [0.25, 0.3) is 0 Å². The molecule has 4 heteroatoms. The average Bonchev–Trinajstić information content (AvgIpc) is 1.38. The van der Waals surface area contributed by atoms with Crippen LogP contribution in [0, 0.1) is 11.3 Å². The standard InChI is InChI=1S/C2HNO2.Ca.2H/c3-1-2(4)5;;;/h(H,4,5);;;/q;+2;2*-1. The minimum atomic E-state index is -1.44. The van der Waals surface area contributed by atoms with E-state index in [1.54, 1.807) is 0 Å². The van der Waals surface area contributed by atoms with E-state index in [2.05, 4.69) is 0 Å². The van der Waals surface area contributed by atoms with Gasteiger partial charge in [0.05, 0.1) is 0 Å². The molecule has 0 heterocycles. The van der Waals surface area contributed by atoms with E-state index >= 15 is 0 Å². The molecule has 0 amide bonds. The van der Waals surface area contributed by atoms with Crippen molar-refractivity contribution in [3.63, 3.8) is 0 Å². The smallest absolute Gasteiger partial charge is 1.00 e.